The maximum Gasteiger partial charge on any atom is 0.225 e. The summed E-state index contributed by atoms with van der Waals surface area (Å²) in [6, 6.07) is 0.383. The molecule has 0 amide bonds. The molecule has 1 aromatic heterocycles. The third-order valence-corrected chi connectivity index (χ3v) is 3.30. The predicted molar refractivity (Wildman–Crippen MR) is 72.5 cm³/mol. The van der Waals surface area contributed by atoms with Crippen molar-refractivity contribution in [2.45, 2.75) is 65.8 Å². The van der Waals surface area contributed by atoms with E-state index < -0.39 is 0 Å². The van der Waals surface area contributed by atoms with Gasteiger partial charge in [-0.2, -0.15) is 0 Å². The fraction of sp³-hybridized carbons (Fsp3) is 0.846. The number of hydrogen-bond donors (Lipinski definition) is 0. The minimum absolute atomic E-state index is 0.363. The first-order valence-corrected chi connectivity index (χ1v) is 6.91. The fourth-order valence-corrected chi connectivity index (χ4v) is 2.33. The Morgan fingerprint density at radius 1 is 1.06 bits per heavy atom. The second-order valence-corrected chi connectivity index (χ2v) is 5.86. The Kier molecular flexibility index (Phi) is 5.44. The molecule has 0 spiro atoms. The van der Waals surface area contributed by atoms with Crippen molar-refractivity contribution in [2.75, 3.05) is 0 Å². The Labute approximate surface area is 110 Å². The van der Waals surface area contributed by atoms with E-state index in [4.69, 9.17) is 11.6 Å². The minimum Gasteiger partial charge on any atom is -0.299 e. The lowest BCUT2D eigenvalue weighted by Crippen LogP contribution is -2.11. The molecule has 1 heterocycles. The van der Waals surface area contributed by atoms with Crippen molar-refractivity contribution < 1.29 is 0 Å². The molecule has 0 aliphatic carbocycles. The van der Waals surface area contributed by atoms with Crippen molar-refractivity contribution in [2.24, 2.45) is 5.92 Å². The van der Waals surface area contributed by atoms with Crippen molar-refractivity contribution in [1.29, 1.82) is 0 Å². The van der Waals surface area contributed by atoms with Crippen molar-refractivity contribution in [3.05, 3.63) is 11.1 Å². The van der Waals surface area contributed by atoms with E-state index in [0.717, 1.165) is 18.2 Å². The standard InChI is InChI=1S/C13H24ClN3/c1-9(2)7-6-8-11(5)17-12(10(3)4)15-16-13(17)14/h9-11H,6-8H2,1-5H3. The highest BCUT2D eigenvalue weighted by Gasteiger charge is 2.18. The Balaban J connectivity index is 2.67. The molecule has 0 fully saturated rings. The quantitative estimate of drug-likeness (QED) is 0.754. The molecule has 0 aliphatic heterocycles. The summed E-state index contributed by atoms with van der Waals surface area (Å²) in [5.41, 5.74) is 0. The highest BCUT2D eigenvalue weighted by atomic mass is 35.5. The van der Waals surface area contributed by atoms with Crippen LogP contribution in [0.15, 0.2) is 0 Å². The van der Waals surface area contributed by atoms with E-state index in [1.807, 2.05) is 0 Å². The molecule has 17 heavy (non-hydrogen) atoms. The molecular weight excluding hydrogens is 234 g/mol. The number of aromatic nitrogens is 3. The van der Waals surface area contributed by atoms with Gasteiger partial charge in [0.25, 0.3) is 0 Å². The molecule has 1 rings (SSSR count). The second kappa shape index (κ2) is 6.39. The van der Waals surface area contributed by atoms with Crippen LogP contribution in [0, 0.1) is 5.92 Å². The maximum absolute atomic E-state index is 6.11. The summed E-state index contributed by atoms with van der Waals surface area (Å²) in [5, 5.41) is 8.66. The summed E-state index contributed by atoms with van der Waals surface area (Å²) in [5.74, 6) is 2.12. The Morgan fingerprint density at radius 3 is 2.24 bits per heavy atom. The summed E-state index contributed by atoms with van der Waals surface area (Å²) < 4.78 is 2.08. The zero-order valence-electron chi connectivity index (χ0n) is 11.6. The Bertz CT molecular complexity index is 344. The van der Waals surface area contributed by atoms with Crippen LogP contribution in [0.2, 0.25) is 5.28 Å². The van der Waals surface area contributed by atoms with Crippen LogP contribution >= 0.6 is 11.6 Å². The number of hydrogen-bond acceptors (Lipinski definition) is 2. The number of halogens is 1. The van der Waals surface area contributed by atoms with Crippen molar-refractivity contribution >= 4 is 11.6 Å². The molecule has 0 saturated heterocycles. The van der Waals surface area contributed by atoms with Gasteiger partial charge in [0.05, 0.1) is 0 Å². The van der Waals surface area contributed by atoms with Gasteiger partial charge < -0.3 is 0 Å². The molecule has 3 nitrogen and oxygen atoms in total. The van der Waals surface area contributed by atoms with E-state index in [1.165, 1.54) is 12.8 Å². The fourth-order valence-electron chi connectivity index (χ4n) is 2.04. The van der Waals surface area contributed by atoms with Crippen molar-refractivity contribution in [3.8, 4) is 0 Å². The highest BCUT2D eigenvalue weighted by Crippen LogP contribution is 2.25. The molecule has 1 aromatic rings. The maximum atomic E-state index is 6.11. The van der Waals surface area contributed by atoms with E-state index in [9.17, 15) is 0 Å². The van der Waals surface area contributed by atoms with Gasteiger partial charge in [-0.1, -0.05) is 40.5 Å². The van der Waals surface area contributed by atoms with Gasteiger partial charge >= 0.3 is 0 Å². The van der Waals surface area contributed by atoms with Gasteiger partial charge in [0.2, 0.25) is 5.28 Å². The average Bonchev–Trinajstić information content (AvgIpc) is 2.59. The molecular formula is C13H24ClN3. The number of nitrogens with zero attached hydrogens (tertiary/aromatic N) is 3. The second-order valence-electron chi connectivity index (χ2n) is 5.53. The summed E-state index contributed by atoms with van der Waals surface area (Å²) in [6.07, 6.45) is 3.63. The van der Waals surface area contributed by atoms with Crippen LogP contribution in [-0.4, -0.2) is 14.8 Å². The molecule has 0 aliphatic rings. The van der Waals surface area contributed by atoms with Gasteiger partial charge in [-0.05, 0) is 30.9 Å². The van der Waals surface area contributed by atoms with E-state index in [-0.39, 0.29) is 0 Å². The molecule has 0 bridgehead atoms. The van der Waals surface area contributed by atoms with Gasteiger partial charge in [0.1, 0.15) is 5.82 Å². The Morgan fingerprint density at radius 2 is 1.71 bits per heavy atom. The largest absolute Gasteiger partial charge is 0.299 e. The molecule has 0 radical (unpaired) electrons. The molecule has 98 valence electrons. The van der Waals surface area contributed by atoms with Gasteiger partial charge in [-0.3, -0.25) is 4.57 Å². The minimum atomic E-state index is 0.363. The normalized spacial score (nSPS) is 13.6. The van der Waals surface area contributed by atoms with Crippen LogP contribution in [0.5, 0.6) is 0 Å². The van der Waals surface area contributed by atoms with Crippen LogP contribution in [0.1, 0.15) is 71.7 Å². The number of rotatable bonds is 6. The molecule has 1 unspecified atom stereocenters. The van der Waals surface area contributed by atoms with Crippen LogP contribution in [0.4, 0.5) is 0 Å². The summed E-state index contributed by atoms with van der Waals surface area (Å²) in [6.45, 7) is 11.0. The Hall–Kier alpha value is -0.570. The molecule has 1 atom stereocenters. The summed E-state index contributed by atoms with van der Waals surface area (Å²) in [4.78, 5) is 0. The monoisotopic (exact) mass is 257 g/mol. The third kappa shape index (κ3) is 3.98. The predicted octanol–water partition coefficient (Wildman–Crippen LogP) is 4.44. The lowest BCUT2D eigenvalue weighted by Gasteiger charge is -2.18. The molecule has 0 aromatic carbocycles. The highest BCUT2D eigenvalue weighted by molar-refractivity contribution is 6.28. The smallest absolute Gasteiger partial charge is 0.225 e. The van der Waals surface area contributed by atoms with E-state index >= 15 is 0 Å². The van der Waals surface area contributed by atoms with Crippen LogP contribution < -0.4 is 0 Å². The van der Waals surface area contributed by atoms with E-state index in [0.29, 0.717) is 17.2 Å². The van der Waals surface area contributed by atoms with E-state index in [1.54, 1.807) is 0 Å². The van der Waals surface area contributed by atoms with Crippen molar-refractivity contribution in [3.63, 3.8) is 0 Å². The van der Waals surface area contributed by atoms with Gasteiger partial charge in [-0.25, -0.2) is 0 Å². The zero-order chi connectivity index (χ0) is 13.0. The van der Waals surface area contributed by atoms with Gasteiger partial charge in [0, 0.05) is 12.0 Å². The van der Waals surface area contributed by atoms with Crippen LogP contribution in [-0.2, 0) is 0 Å². The van der Waals surface area contributed by atoms with Crippen LogP contribution in [0.25, 0.3) is 0 Å². The molecule has 0 N–H and O–H groups in total. The zero-order valence-corrected chi connectivity index (χ0v) is 12.3. The SMILES string of the molecule is CC(C)CCCC(C)n1c(Cl)nnc1C(C)C. The lowest BCUT2D eigenvalue weighted by molar-refractivity contribution is 0.432. The van der Waals surface area contributed by atoms with Gasteiger partial charge in [0.15, 0.2) is 0 Å². The first kappa shape index (κ1) is 14.5. The molecule has 0 saturated carbocycles. The third-order valence-electron chi connectivity index (χ3n) is 3.04. The average molecular weight is 258 g/mol. The van der Waals surface area contributed by atoms with E-state index in [2.05, 4.69) is 49.4 Å². The van der Waals surface area contributed by atoms with Crippen LogP contribution in [0.3, 0.4) is 0 Å². The summed E-state index contributed by atoms with van der Waals surface area (Å²) >= 11 is 6.11. The first-order chi connectivity index (χ1) is 7.93. The lowest BCUT2D eigenvalue weighted by atomic mass is 10.0. The van der Waals surface area contributed by atoms with Crippen molar-refractivity contribution in [1.82, 2.24) is 14.8 Å². The summed E-state index contributed by atoms with van der Waals surface area (Å²) in [7, 11) is 0. The van der Waals surface area contributed by atoms with Gasteiger partial charge in [-0.15, -0.1) is 10.2 Å². The first-order valence-electron chi connectivity index (χ1n) is 6.53. The molecule has 4 heteroatoms. The topological polar surface area (TPSA) is 30.7 Å².